The van der Waals surface area contributed by atoms with Gasteiger partial charge in [0, 0.05) is 37.9 Å². The first kappa shape index (κ1) is 18.8. The van der Waals surface area contributed by atoms with E-state index in [1.54, 1.807) is 37.1 Å². The second-order valence-corrected chi connectivity index (χ2v) is 6.48. The molecule has 1 aromatic carbocycles. The molecule has 2 N–H and O–H groups in total. The molecule has 9 nitrogen and oxygen atoms in total. The van der Waals surface area contributed by atoms with Crippen LogP contribution in [0.4, 0.5) is 21.0 Å². The van der Waals surface area contributed by atoms with Crippen molar-refractivity contribution in [1.29, 1.82) is 0 Å². The number of fused-ring (bicyclic) bond motifs is 1. The van der Waals surface area contributed by atoms with Crippen molar-refractivity contribution in [2.75, 3.05) is 43.6 Å². The highest BCUT2D eigenvalue weighted by Gasteiger charge is 2.25. The summed E-state index contributed by atoms with van der Waals surface area (Å²) in [6.07, 6.45) is 1.04. The third-order valence-electron chi connectivity index (χ3n) is 4.66. The first-order valence-electron chi connectivity index (χ1n) is 9.00. The number of likely N-dealkylation sites (tertiary alicyclic amines) is 1. The molecule has 2 aliphatic rings. The number of ether oxygens (including phenoxy) is 2. The van der Waals surface area contributed by atoms with Gasteiger partial charge >= 0.3 is 12.1 Å². The number of urea groups is 1. The molecule has 0 aliphatic carbocycles. The van der Waals surface area contributed by atoms with Gasteiger partial charge in [-0.15, -0.1) is 0 Å². The fraction of sp³-hybridized carbons (Fsp3) is 0.500. The van der Waals surface area contributed by atoms with Crippen LogP contribution < -0.4 is 20.3 Å². The Hall–Kier alpha value is -2.97. The normalized spacial score (nSPS) is 17.0. The SMILES string of the molecule is CCOC(=O)N1CCC(NC(=O)Nc2ccc3c(c2)OCC(=O)N3C)CC1. The number of amides is 4. The number of rotatable bonds is 3. The minimum atomic E-state index is -0.315. The molecule has 3 rings (SSSR count). The van der Waals surface area contributed by atoms with Crippen molar-refractivity contribution in [1.82, 2.24) is 10.2 Å². The molecule has 0 spiro atoms. The Balaban J connectivity index is 1.50. The quantitative estimate of drug-likeness (QED) is 0.838. The summed E-state index contributed by atoms with van der Waals surface area (Å²) in [6.45, 7) is 3.22. The second kappa shape index (κ2) is 8.15. The van der Waals surface area contributed by atoms with Gasteiger partial charge in [0.1, 0.15) is 5.75 Å². The van der Waals surface area contributed by atoms with E-state index in [0.717, 1.165) is 0 Å². The van der Waals surface area contributed by atoms with Crippen molar-refractivity contribution in [2.24, 2.45) is 0 Å². The molecule has 0 aromatic heterocycles. The van der Waals surface area contributed by atoms with Gasteiger partial charge < -0.3 is 29.9 Å². The predicted molar refractivity (Wildman–Crippen MR) is 99.1 cm³/mol. The molecule has 0 bridgehead atoms. The zero-order valence-electron chi connectivity index (χ0n) is 15.5. The molecule has 9 heteroatoms. The molecule has 2 aliphatic heterocycles. The Morgan fingerprint density at radius 3 is 2.74 bits per heavy atom. The molecule has 4 amide bonds. The number of piperidine rings is 1. The lowest BCUT2D eigenvalue weighted by molar-refractivity contribution is -0.120. The van der Waals surface area contributed by atoms with Gasteiger partial charge in [0.25, 0.3) is 5.91 Å². The lowest BCUT2D eigenvalue weighted by Gasteiger charge is -2.31. The van der Waals surface area contributed by atoms with Crippen LogP contribution in [0, 0.1) is 0 Å². The first-order chi connectivity index (χ1) is 13.0. The van der Waals surface area contributed by atoms with E-state index in [1.165, 1.54) is 4.90 Å². The molecule has 0 unspecified atom stereocenters. The summed E-state index contributed by atoms with van der Waals surface area (Å²) in [6, 6.07) is 4.83. The Kier molecular flexibility index (Phi) is 5.68. The highest BCUT2D eigenvalue weighted by atomic mass is 16.6. The summed E-state index contributed by atoms with van der Waals surface area (Å²) >= 11 is 0. The van der Waals surface area contributed by atoms with Crippen LogP contribution in [0.15, 0.2) is 18.2 Å². The zero-order valence-corrected chi connectivity index (χ0v) is 15.5. The number of anilines is 2. The van der Waals surface area contributed by atoms with Crippen molar-refractivity contribution in [3.8, 4) is 5.75 Å². The first-order valence-corrected chi connectivity index (χ1v) is 9.00. The van der Waals surface area contributed by atoms with E-state index < -0.39 is 0 Å². The smallest absolute Gasteiger partial charge is 0.409 e. The molecule has 0 saturated carbocycles. The fourth-order valence-corrected chi connectivity index (χ4v) is 3.13. The lowest BCUT2D eigenvalue weighted by Crippen LogP contribution is -2.47. The summed E-state index contributed by atoms with van der Waals surface area (Å²) in [5, 5.41) is 5.70. The Morgan fingerprint density at radius 2 is 2.04 bits per heavy atom. The summed E-state index contributed by atoms with van der Waals surface area (Å²) in [5.74, 6) is 0.438. The number of likely N-dealkylation sites (N-methyl/N-ethyl adjacent to an activating group) is 1. The van der Waals surface area contributed by atoms with Gasteiger partial charge in [0.15, 0.2) is 6.61 Å². The summed E-state index contributed by atoms with van der Waals surface area (Å²) in [4.78, 5) is 38.8. The third kappa shape index (κ3) is 4.42. The maximum absolute atomic E-state index is 12.3. The maximum Gasteiger partial charge on any atom is 0.409 e. The molecule has 1 saturated heterocycles. The van der Waals surface area contributed by atoms with Gasteiger partial charge in [-0.3, -0.25) is 4.79 Å². The number of carbonyl (C=O) groups is 3. The average Bonchev–Trinajstić information content (AvgIpc) is 2.65. The summed E-state index contributed by atoms with van der Waals surface area (Å²) < 4.78 is 10.4. The fourth-order valence-electron chi connectivity index (χ4n) is 3.13. The predicted octanol–water partition coefficient (Wildman–Crippen LogP) is 1.78. The van der Waals surface area contributed by atoms with Gasteiger partial charge in [-0.2, -0.15) is 0 Å². The van der Waals surface area contributed by atoms with E-state index in [9.17, 15) is 14.4 Å². The van der Waals surface area contributed by atoms with Crippen molar-refractivity contribution in [3.05, 3.63) is 18.2 Å². The van der Waals surface area contributed by atoms with E-state index in [1.807, 2.05) is 0 Å². The standard InChI is InChI=1S/C18H24N4O5/c1-3-26-18(25)22-8-6-12(7-9-22)19-17(24)20-13-4-5-14-15(10-13)27-11-16(23)21(14)2/h4-5,10,12H,3,6-9,11H2,1-2H3,(H2,19,20,24). The second-order valence-electron chi connectivity index (χ2n) is 6.48. The van der Waals surface area contributed by atoms with Gasteiger partial charge in [0.05, 0.1) is 12.3 Å². The number of nitrogens with one attached hydrogen (secondary N) is 2. The van der Waals surface area contributed by atoms with Gasteiger partial charge in [0.2, 0.25) is 0 Å². The zero-order chi connectivity index (χ0) is 19.4. The van der Waals surface area contributed by atoms with Gasteiger partial charge in [-0.1, -0.05) is 0 Å². The molecule has 1 aromatic rings. The molecule has 2 heterocycles. The van der Waals surface area contributed by atoms with E-state index in [2.05, 4.69) is 10.6 Å². The number of carbonyl (C=O) groups excluding carboxylic acids is 3. The molecule has 27 heavy (non-hydrogen) atoms. The minimum Gasteiger partial charge on any atom is -0.481 e. The number of benzene rings is 1. The number of hydrogen-bond donors (Lipinski definition) is 2. The molecule has 1 fully saturated rings. The van der Waals surface area contributed by atoms with Crippen LogP contribution in [0.5, 0.6) is 5.75 Å². The Morgan fingerprint density at radius 1 is 1.30 bits per heavy atom. The number of hydrogen-bond acceptors (Lipinski definition) is 5. The molecular weight excluding hydrogens is 352 g/mol. The topological polar surface area (TPSA) is 100 Å². The largest absolute Gasteiger partial charge is 0.481 e. The molecular formula is C18H24N4O5. The van der Waals surface area contributed by atoms with Crippen LogP contribution in [0.25, 0.3) is 0 Å². The molecule has 146 valence electrons. The van der Waals surface area contributed by atoms with Crippen molar-refractivity contribution < 1.29 is 23.9 Å². The Bertz CT molecular complexity index is 730. The van der Waals surface area contributed by atoms with Crippen LogP contribution in [0.2, 0.25) is 0 Å². The molecule has 0 radical (unpaired) electrons. The monoisotopic (exact) mass is 376 g/mol. The summed E-state index contributed by atoms with van der Waals surface area (Å²) in [7, 11) is 1.69. The van der Waals surface area contributed by atoms with E-state index in [0.29, 0.717) is 49.7 Å². The van der Waals surface area contributed by atoms with Crippen LogP contribution >= 0.6 is 0 Å². The van der Waals surface area contributed by atoms with Crippen molar-refractivity contribution in [3.63, 3.8) is 0 Å². The Labute approximate surface area is 157 Å². The highest BCUT2D eigenvalue weighted by molar-refractivity contribution is 5.98. The highest BCUT2D eigenvalue weighted by Crippen LogP contribution is 2.33. The summed E-state index contributed by atoms with van der Waals surface area (Å²) in [5.41, 5.74) is 1.25. The van der Waals surface area contributed by atoms with E-state index >= 15 is 0 Å². The van der Waals surface area contributed by atoms with E-state index in [4.69, 9.17) is 9.47 Å². The van der Waals surface area contributed by atoms with Gasteiger partial charge in [-0.05, 0) is 31.9 Å². The van der Waals surface area contributed by atoms with E-state index in [-0.39, 0.29) is 30.7 Å². The van der Waals surface area contributed by atoms with Crippen molar-refractivity contribution in [2.45, 2.75) is 25.8 Å². The molecule has 0 atom stereocenters. The minimum absolute atomic E-state index is 0.00620. The van der Waals surface area contributed by atoms with Crippen LogP contribution in [-0.4, -0.2) is 62.3 Å². The van der Waals surface area contributed by atoms with Crippen LogP contribution in [-0.2, 0) is 9.53 Å². The van der Waals surface area contributed by atoms with Crippen LogP contribution in [0.3, 0.4) is 0 Å². The lowest BCUT2D eigenvalue weighted by atomic mass is 10.1. The van der Waals surface area contributed by atoms with Crippen LogP contribution in [0.1, 0.15) is 19.8 Å². The average molecular weight is 376 g/mol. The maximum atomic E-state index is 12.3. The number of nitrogens with zero attached hydrogens (tertiary/aromatic N) is 2. The van der Waals surface area contributed by atoms with Crippen molar-refractivity contribution >= 4 is 29.4 Å². The third-order valence-corrected chi connectivity index (χ3v) is 4.66. The van der Waals surface area contributed by atoms with Gasteiger partial charge in [-0.25, -0.2) is 9.59 Å².